The standard InChI is InChI=1S/C38H66N2/c1-3-5-7-9-10-11-12-13-14-15-16-17-18-19-20-22-27-34-40-35-37(32-28-31-36-29-24-23-25-30-36)39-38(40)33-26-21-8-6-4-2/h23-25,29-30,35H,3-22,26-28,31-34H2,1-2H3. The molecular weight excluding hydrogens is 484 g/mol. The molecule has 0 bridgehead atoms. The highest BCUT2D eigenvalue weighted by Crippen LogP contribution is 2.16. The number of nitrogens with zero attached hydrogens (tertiary/aromatic N) is 2. The van der Waals surface area contributed by atoms with Gasteiger partial charge < -0.3 is 4.57 Å². The fourth-order valence-corrected chi connectivity index (χ4v) is 6.04. The smallest absolute Gasteiger partial charge is 0.108 e. The average molecular weight is 551 g/mol. The van der Waals surface area contributed by atoms with Crippen LogP contribution in [0.3, 0.4) is 0 Å². The van der Waals surface area contributed by atoms with Gasteiger partial charge in [0.25, 0.3) is 0 Å². The molecule has 228 valence electrons. The Balaban J connectivity index is 1.54. The quantitative estimate of drug-likeness (QED) is 0.0963. The minimum absolute atomic E-state index is 1.10. The van der Waals surface area contributed by atoms with Crippen LogP contribution in [0.5, 0.6) is 0 Å². The van der Waals surface area contributed by atoms with Crippen molar-refractivity contribution in [2.75, 3.05) is 0 Å². The summed E-state index contributed by atoms with van der Waals surface area (Å²) in [5.41, 5.74) is 2.76. The van der Waals surface area contributed by atoms with Crippen LogP contribution in [0.25, 0.3) is 0 Å². The summed E-state index contributed by atoms with van der Waals surface area (Å²) in [4.78, 5) is 5.12. The van der Waals surface area contributed by atoms with Gasteiger partial charge in [0.2, 0.25) is 0 Å². The molecule has 2 rings (SSSR count). The van der Waals surface area contributed by atoms with Gasteiger partial charge in [-0.1, -0.05) is 173 Å². The van der Waals surface area contributed by atoms with Crippen molar-refractivity contribution in [3.05, 3.63) is 53.6 Å². The van der Waals surface area contributed by atoms with Crippen LogP contribution in [-0.4, -0.2) is 9.55 Å². The van der Waals surface area contributed by atoms with E-state index in [1.54, 1.807) is 0 Å². The first-order valence-electron chi connectivity index (χ1n) is 17.9. The molecule has 2 aromatic rings. The van der Waals surface area contributed by atoms with E-state index in [1.807, 2.05) is 0 Å². The first kappa shape index (κ1) is 34.6. The summed E-state index contributed by atoms with van der Waals surface area (Å²) in [6.45, 7) is 5.76. The number of imidazole rings is 1. The topological polar surface area (TPSA) is 17.8 Å². The highest BCUT2D eigenvalue weighted by Gasteiger charge is 2.08. The van der Waals surface area contributed by atoms with Gasteiger partial charge in [-0.15, -0.1) is 0 Å². The van der Waals surface area contributed by atoms with Crippen molar-refractivity contribution < 1.29 is 0 Å². The molecule has 1 aromatic carbocycles. The monoisotopic (exact) mass is 551 g/mol. The highest BCUT2D eigenvalue weighted by atomic mass is 15.1. The van der Waals surface area contributed by atoms with E-state index in [-0.39, 0.29) is 0 Å². The van der Waals surface area contributed by atoms with E-state index in [4.69, 9.17) is 4.98 Å². The van der Waals surface area contributed by atoms with Crippen molar-refractivity contribution in [3.8, 4) is 0 Å². The maximum absolute atomic E-state index is 5.12. The lowest BCUT2D eigenvalue weighted by Crippen LogP contribution is -2.03. The van der Waals surface area contributed by atoms with Crippen LogP contribution in [0.15, 0.2) is 36.5 Å². The molecule has 0 saturated heterocycles. The predicted octanol–water partition coefficient (Wildman–Crippen LogP) is 12.2. The first-order valence-corrected chi connectivity index (χ1v) is 17.9. The molecule has 0 aliphatic rings. The Morgan fingerprint density at radius 2 is 0.950 bits per heavy atom. The minimum Gasteiger partial charge on any atom is -0.335 e. The number of benzene rings is 1. The molecule has 0 N–H and O–H groups in total. The zero-order chi connectivity index (χ0) is 28.4. The van der Waals surface area contributed by atoms with E-state index in [9.17, 15) is 0 Å². The number of unbranched alkanes of at least 4 members (excludes halogenated alkanes) is 20. The van der Waals surface area contributed by atoms with Crippen molar-refractivity contribution in [3.63, 3.8) is 0 Å². The molecule has 1 heterocycles. The third-order valence-electron chi connectivity index (χ3n) is 8.66. The van der Waals surface area contributed by atoms with E-state index in [2.05, 4.69) is 54.9 Å². The molecule has 40 heavy (non-hydrogen) atoms. The van der Waals surface area contributed by atoms with Crippen molar-refractivity contribution in [1.82, 2.24) is 9.55 Å². The van der Waals surface area contributed by atoms with Gasteiger partial charge in [0.05, 0.1) is 5.69 Å². The zero-order valence-electron chi connectivity index (χ0n) is 27.0. The molecule has 1 aromatic heterocycles. The normalized spacial score (nSPS) is 11.4. The summed E-state index contributed by atoms with van der Waals surface area (Å²) < 4.78 is 2.52. The van der Waals surface area contributed by atoms with Crippen LogP contribution < -0.4 is 0 Å². The first-order chi connectivity index (χ1) is 19.8. The third kappa shape index (κ3) is 18.0. The van der Waals surface area contributed by atoms with Crippen molar-refractivity contribution in [2.24, 2.45) is 0 Å². The number of aryl methyl sites for hydroxylation is 4. The molecule has 0 fully saturated rings. The lowest BCUT2D eigenvalue weighted by Gasteiger charge is -2.08. The zero-order valence-corrected chi connectivity index (χ0v) is 27.0. The number of hydrogen-bond donors (Lipinski definition) is 0. The lowest BCUT2D eigenvalue weighted by molar-refractivity contribution is 0.514. The second kappa shape index (κ2) is 25.2. The van der Waals surface area contributed by atoms with E-state index < -0.39 is 0 Å². The van der Waals surface area contributed by atoms with Gasteiger partial charge in [0.15, 0.2) is 0 Å². The summed E-state index contributed by atoms with van der Waals surface area (Å²) in [6, 6.07) is 10.9. The van der Waals surface area contributed by atoms with E-state index in [0.717, 1.165) is 25.8 Å². The fraction of sp³-hybridized carbons (Fsp3) is 0.763. The molecule has 0 atom stereocenters. The molecule has 0 spiro atoms. The summed E-state index contributed by atoms with van der Waals surface area (Å²) in [6.07, 6.45) is 38.1. The molecule has 0 amide bonds. The molecule has 0 aliphatic heterocycles. The molecule has 2 nitrogen and oxygen atoms in total. The second-order valence-electron chi connectivity index (χ2n) is 12.5. The van der Waals surface area contributed by atoms with Crippen molar-refractivity contribution in [1.29, 1.82) is 0 Å². The van der Waals surface area contributed by atoms with Gasteiger partial charge in [0.1, 0.15) is 5.82 Å². The van der Waals surface area contributed by atoms with Gasteiger partial charge in [0, 0.05) is 19.2 Å². The maximum atomic E-state index is 5.12. The summed E-state index contributed by atoms with van der Waals surface area (Å²) in [5, 5.41) is 0. The van der Waals surface area contributed by atoms with E-state index in [0.29, 0.717) is 0 Å². The van der Waals surface area contributed by atoms with Crippen LogP contribution in [0.1, 0.15) is 179 Å². The summed E-state index contributed by atoms with van der Waals surface area (Å²) in [5.74, 6) is 1.35. The Bertz CT molecular complexity index is 793. The Morgan fingerprint density at radius 3 is 1.48 bits per heavy atom. The van der Waals surface area contributed by atoms with Crippen molar-refractivity contribution >= 4 is 0 Å². The van der Waals surface area contributed by atoms with E-state index in [1.165, 1.54) is 165 Å². The molecule has 0 unspecified atom stereocenters. The molecular formula is C38H66N2. The van der Waals surface area contributed by atoms with Gasteiger partial charge in [-0.3, -0.25) is 0 Å². The highest BCUT2D eigenvalue weighted by molar-refractivity contribution is 5.15. The molecule has 0 saturated carbocycles. The SMILES string of the molecule is CCCCCCCCCCCCCCCCCCCn1cc(CCCc2ccccc2)nc1CCCCCCC. The van der Waals surface area contributed by atoms with Gasteiger partial charge in [-0.2, -0.15) is 0 Å². The second-order valence-corrected chi connectivity index (χ2v) is 12.5. The Hall–Kier alpha value is -1.57. The van der Waals surface area contributed by atoms with Crippen LogP contribution in [0, 0.1) is 0 Å². The van der Waals surface area contributed by atoms with E-state index >= 15 is 0 Å². The average Bonchev–Trinajstić information content (AvgIpc) is 3.36. The minimum atomic E-state index is 1.10. The molecule has 2 heteroatoms. The Kier molecular flexibility index (Phi) is 21.8. The predicted molar refractivity (Wildman–Crippen MR) is 177 cm³/mol. The van der Waals surface area contributed by atoms with Crippen molar-refractivity contribution in [2.45, 2.75) is 187 Å². The fourth-order valence-electron chi connectivity index (χ4n) is 6.04. The molecule has 0 radical (unpaired) electrons. The van der Waals surface area contributed by atoms with Crippen LogP contribution in [-0.2, 0) is 25.8 Å². The Labute approximate surface area is 250 Å². The van der Waals surface area contributed by atoms with Crippen LogP contribution >= 0.6 is 0 Å². The summed E-state index contributed by atoms with van der Waals surface area (Å²) in [7, 11) is 0. The van der Waals surface area contributed by atoms with Gasteiger partial charge >= 0.3 is 0 Å². The van der Waals surface area contributed by atoms with Gasteiger partial charge in [-0.05, 0) is 37.7 Å². The Morgan fingerprint density at radius 1 is 0.475 bits per heavy atom. The molecule has 0 aliphatic carbocycles. The number of aromatic nitrogens is 2. The largest absolute Gasteiger partial charge is 0.335 e. The summed E-state index contributed by atoms with van der Waals surface area (Å²) >= 11 is 0. The van der Waals surface area contributed by atoms with Gasteiger partial charge in [-0.25, -0.2) is 4.98 Å². The number of rotatable bonds is 28. The van der Waals surface area contributed by atoms with Crippen LogP contribution in [0.4, 0.5) is 0 Å². The third-order valence-corrected chi connectivity index (χ3v) is 8.66. The number of hydrogen-bond acceptors (Lipinski definition) is 1. The van der Waals surface area contributed by atoms with Crippen LogP contribution in [0.2, 0.25) is 0 Å². The lowest BCUT2D eigenvalue weighted by atomic mass is 10.0. The maximum Gasteiger partial charge on any atom is 0.108 e.